The summed E-state index contributed by atoms with van der Waals surface area (Å²) in [5, 5.41) is 1.53. The van der Waals surface area contributed by atoms with E-state index < -0.39 is 5.82 Å². The second kappa shape index (κ2) is 8.21. The molecule has 0 amide bonds. The number of rotatable bonds is 4. The molecule has 0 heterocycles. The lowest BCUT2D eigenvalue weighted by Gasteiger charge is -2.28. The molecule has 0 aliphatic heterocycles. The van der Waals surface area contributed by atoms with Crippen LogP contribution in [0, 0.1) is 17.6 Å². The molecule has 0 atom stereocenters. The van der Waals surface area contributed by atoms with E-state index >= 15 is 4.39 Å². The van der Waals surface area contributed by atoms with E-state index in [1.807, 2.05) is 12.1 Å². The summed E-state index contributed by atoms with van der Waals surface area (Å²) in [5.41, 5.74) is 2.21. The first-order chi connectivity index (χ1) is 13.6. The lowest BCUT2D eigenvalue weighted by molar-refractivity contribution is 0.308. The maximum atomic E-state index is 15.1. The number of fused-ring (bicyclic) bond motifs is 1. The van der Waals surface area contributed by atoms with Crippen molar-refractivity contribution in [3.8, 4) is 11.1 Å². The van der Waals surface area contributed by atoms with E-state index in [9.17, 15) is 4.39 Å². The first kappa shape index (κ1) is 19.4. The molecule has 0 N–H and O–H groups in total. The van der Waals surface area contributed by atoms with Crippen molar-refractivity contribution >= 4 is 22.4 Å². The Hall–Kier alpha value is -1.93. The first-order valence-corrected chi connectivity index (χ1v) is 10.6. The summed E-state index contributed by atoms with van der Waals surface area (Å²) in [6.45, 7) is 2.26. The number of halogens is 3. The molecule has 3 heteroatoms. The normalized spacial score (nSPS) is 19.9. The van der Waals surface area contributed by atoms with Gasteiger partial charge in [-0.05, 0) is 66.2 Å². The van der Waals surface area contributed by atoms with E-state index in [2.05, 4.69) is 19.1 Å². The molecule has 1 saturated carbocycles. The van der Waals surface area contributed by atoms with Gasteiger partial charge in [-0.25, -0.2) is 8.78 Å². The number of benzene rings is 3. The summed E-state index contributed by atoms with van der Waals surface area (Å²) in [6, 6.07) is 14.2. The predicted molar refractivity (Wildman–Crippen MR) is 114 cm³/mol. The van der Waals surface area contributed by atoms with Gasteiger partial charge in [0.15, 0.2) is 0 Å². The monoisotopic (exact) mass is 398 g/mol. The van der Waals surface area contributed by atoms with Crippen LogP contribution < -0.4 is 0 Å². The lowest BCUT2D eigenvalue weighted by atomic mass is 9.77. The van der Waals surface area contributed by atoms with Crippen LogP contribution in [0.3, 0.4) is 0 Å². The third-order valence-corrected chi connectivity index (χ3v) is 6.53. The highest BCUT2D eigenvalue weighted by molar-refractivity contribution is 6.30. The standard InChI is InChI=1S/C25H25ClF2/c1-2-3-16-4-6-17(7-5-16)18-8-11-21-19(14-18)9-12-22(25(21)28)20-10-13-23(26)24(27)15-20/h8-17H,2-7H2,1H3/t16-,17-. The molecule has 3 aromatic carbocycles. The van der Waals surface area contributed by atoms with E-state index in [1.165, 1.54) is 56.2 Å². The molecular weight excluding hydrogens is 374 g/mol. The van der Waals surface area contributed by atoms with Crippen LogP contribution in [0.25, 0.3) is 21.9 Å². The molecule has 3 aromatic rings. The largest absolute Gasteiger partial charge is 0.206 e. The van der Waals surface area contributed by atoms with E-state index in [1.54, 1.807) is 12.1 Å². The molecule has 0 bridgehead atoms. The van der Waals surface area contributed by atoms with Crippen LogP contribution in [0.15, 0.2) is 48.5 Å². The van der Waals surface area contributed by atoms with Crippen LogP contribution >= 0.6 is 11.6 Å². The van der Waals surface area contributed by atoms with Gasteiger partial charge in [-0.1, -0.05) is 67.8 Å². The molecule has 1 fully saturated rings. The zero-order valence-electron chi connectivity index (χ0n) is 16.2. The molecule has 1 aliphatic rings. The van der Waals surface area contributed by atoms with E-state index in [0.717, 1.165) is 11.3 Å². The SMILES string of the molecule is CCC[C@H]1CC[C@H](c2ccc3c(F)c(-c4ccc(Cl)c(F)c4)ccc3c2)CC1. The van der Waals surface area contributed by atoms with Crippen molar-refractivity contribution in [2.24, 2.45) is 5.92 Å². The molecule has 0 saturated heterocycles. The van der Waals surface area contributed by atoms with E-state index in [0.29, 0.717) is 22.4 Å². The van der Waals surface area contributed by atoms with Gasteiger partial charge in [-0.15, -0.1) is 0 Å². The lowest BCUT2D eigenvalue weighted by Crippen LogP contribution is -2.13. The fraction of sp³-hybridized carbons (Fsp3) is 0.360. The summed E-state index contributed by atoms with van der Waals surface area (Å²) >= 11 is 5.75. The zero-order valence-corrected chi connectivity index (χ0v) is 16.9. The van der Waals surface area contributed by atoms with Gasteiger partial charge < -0.3 is 0 Å². The second-order valence-electron chi connectivity index (χ2n) is 8.04. The molecular formula is C25H25ClF2. The van der Waals surface area contributed by atoms with Crippen molar-refractivity contribution in [1.29, 1.82) is 0 Å². The van der Waals surface area contributed by atoms with Crippen molar-refractivity contribution in [1.82, 2.24) is 0 Å². The Morgan fingerprint density at radius 3 is 2.43 bits per heavy atom. The van der Waals surface area contributed by atoms with E-state index in [-0.39, 0.29) is 10.8 Å². The quantitative estimate of drug-likeness (QED) is 0.413. The average Bonchev–Trinajstić information content (AvgIpc) is 2.71. The molecule has 0 nitrogen and oxygen atoms in total. The van der Waals surface area contributed by atoms with Crippen molar-refractivity contribution in [2.45, 2.75) is 51.4 Å². The van der Waals surface area contributed by atoms with Gasteiger partial charge in [0.25, 0.3) is 0 Å². The van der Waals surface area contributed by atoms with Crippen LogP contribution in [0.4, 0.5) is 8.78 Å². The maximum Gasteiger partial charge on any atom is 0.142 e. The fourth-order valence-corrected chi connectivity index (χ4v) is 4.76. The van der Waals surface area contributed by atoms with Crippen LogP contribution in [-0.2, 0) is 0 Å². The minimum atomic E-state index is -0.535. The third-order valence-electron chi connectivity index (χ3n) is 6.22. The van der Waals surface area contributed by atoms with Crippen molar-refractivity contribution < 1.29 is 8.78 Å². The van der Waals surface area contributed by atoms with Crippen LogP contribution in [0.5, 0.6) is 0 Å². The molecule has 0 radical (unpaired) electrons. The van der Waals surface area contributed by atoms with Crippen molar-refractivity contribution in [2.75, 3.05) is 0 Å². The molecule has 4 rings (SSSR count). The van der Waals surface area contributed by atoms with Crippen molar-refractivity contribution in [3.05, 3.63) is 70.8 Å². The first-order valence-electron chi connectivity index (χ1n) is 10.2. The predicted octanol–water partition coefficient (Wildman–Crippen LogP) is 8.51. The molecule has 28 heavy (non-hydrogen) atoms. The highest BCUT2D eigenvalue weighted by Crippen LogP contribution is 2.39. The minimum Gasteiger partial charge on any atom is -0.206 e. The van der Waals surface area contributed by atoms with Gasteiger partial charge in [0, 0.05) is 10.9 Å². The van der Waals surface area contributed by atoms with Crippen LogP contribution in [-0.4, -0.2) is 0 Å². The molecule has 0 unspecified atom stereocenters. The summed E-state index contributed by atoms with van der Waals surface area (Å²) in [6.07, 6.45) is 7.65. The summed E-state index contributed by atoms with van der Waals surface area (Å²) < 4.78 is 28.9. The van der Waals surface area contributed by atoms with Crippen LogP contribution in [0.2, 0.25) is 5.02 Å². The summed E-state index contributed by atoms with van der Waals surface area (Å²) in [7, 11) is 0. The molecule has 0 spiro atoms. The topological polar surface area (TPSA) is 0 Å². The minimum absolute atomic E-state index is 0.0447. The fourth-order valence-electron chi connectivity index (χ4n) is 4.64. The Bertz CT molecular complexity index is 987. The Morgan fingerprint density at radius 2 is 1.71 bits per heavy atom. The van der Waals surface area contributed by atoms with Gasteiger partial charge in [0.05, 0.1) is 5.02 Å². The van der Waals surface area contributed by atoms with Crippen molar-refractivity contribution in [3.63, 3.8) is 0 Å². The summed E-state index contributed by atoms with van der Waals surface area (Å²) in [4.78, 5) is 0. The molecule has 1 aliphatic carbocycles. The highest BCUT2D eigenvalue weighted by atomic mass is 35.5. The van der Waals surface area contributed by atoms with E-state index in [4.69, 9.17) is 11.6 Å². The van der Waals surface area contributed by atoms with Gasteiger partial charge in [-0.3, -0.25) is 0 Å². The Balaban J connectivity index is 1.62. The number of hydrogen-bond donors (Lipinski definition) is 0. The Labute approximate surface area is 170 Å². The average molecular weight is 399 g/mol. The highest BCUT2D eigenvalue weighted by Gasteiger charge is 2.22. The summed E-state index contributed by atoms with van der Waals surface area (Å²) in [5.74, 6) is 0.609. The Morgan fingerprint density at radius 1 is 0.929 bits per heavy atom. The zero-order chi connectivity index (χ0) is 19.7. The number of hydrogen-bond acceptors (Lipinski definition) is 0. The van der Waals surface area contributed by atoms with Crippen LogP contribution in [0.1, 0.15) is 56.9 Å². The smallest absolute Gasteiger partial charge is 0.142 e. The molecule has 146 valence electrons. The van der Waals surface area contributed by atoms with Gasteiger partial charge in [0.1, 0.15) is 11.6 Å². The third kappa shape index (κ3) is 3.80. The Kier molecular flexibility index (Phi) is 5.68. The molecule has 0 aromatic heterocycles. The maximum absolute atomic E-state index is 15.1. The van der Waals surface area contributed by atoms with Gasteiger partial charge >= 0.3 is 0 Å². The van der Waals surface area contributed by atoms with Gasteiger partial charge in [0.2, 0.25) is 0 Å². The second-order valence-corrected chi connectivity index (χ2v) is 8.45. The van der Waals surface area contributed by atoms with Gasteiger partial charge in [-0.2, -0.15) is 0 Å².